The summed E-state index contributed by atoms with van der Waals surface area (Å²) >= 11 is 0. The Morgan fingerprint density at radius 2 is 2.04 bits per heavy atom. The number of alkyl halides is 1. The summed E-state index contributed by atoms with van der Waals surface area (Å²) in [6.45, 7) is 2.49. The molecular weight excluding hydrogens is 349 g/mol. The quantitative estimate of drug-likeness (QED) is 0.310. The number of carbonyl (C=O) groups excluding carboxylic acids is 1. The molecular formula is C20H32FN3O3. The summed E-state index contributed by atoms with van der Waals surface area (Å²) in [6, 6.07) is 3.93. The lowest BCUT2D eigenvalue weighted by Crippen LogP contribution is -2.39. The number of anilines is 1. The molecule has 1 saturated carbocycles. The summed E-state index contributed by atoms with van der Waals surface area (Å²) in [4.78, 5) is 13.0. The molecule has 27 heavy (non-hydrogen) atoms. The van der Waals surface area contributed by atoms with E-state index in [1.807, 2.05) is 6.07 Å². The second kappa shape index (κ2) is 11.1. The minimum absolute atomic E-state index is 0.0511. The van der Waals surface area contributed by atoms with Gasteiger partial charge in [-0.25, -0.2) is 4.39 Å². The Labute approximate surface area is 161 Å². The van der Waals surface area contributed by atoms with Crippen LogP contribution in [0.25, 0.3) is 0 Å². The van der Waals surface area contributed by atoms with Crippen LogP contribution in [0.1, 0.15) is 31.2 Å². The first-order valence-corrected chi connectivity index (χ1v) is 9.70. The number of carbonyl (C=O) groups is 1. The van der Waals surface area contributed by atoms with Gasteiger partial charge in [0.15, 0.2) is 6.29 Å². The minimum Gasteiger partial charge on any atom is -0.506 e. The van der Waals surface area contributed by atoms with Crippen LogP contribution in [0.15, 0.2) is 12.1 Å². The third-order valence-corrected chi connectivity index (χ3v) is 5.22. The highest BCUT2D eigenvalue weighted by Gasteiger charge is 2.23. The Balaban J connectivity index is 1.78. The van der Waals surface area contributed by atoms with E-state index >= 15 is 0 Å². The van der Waals surface area contributed by atoms with Crippen molar-refractivity contribution in [3.05, 3.63) is 17.7 Å². The van der Waals surface area contributed by atoms with Crippen molar-refractivity contribution in [3.63, 3.8) is 0 Å². The Morgan fingerprint density at radius 3 is 2.70 bits per heavy atom. The lowest BCUT2D eigenvalue weighted by molar-refractivity contribution is -0.109. The van der Waals surface area contributed by atoms with Gasteiger partial charge in [0.25, 0.3) is 0 Å². The normalized spacial score (nSPS) is 19.9. The SMILES string of the molecule is CNc1c(O)ccc(CCNCCN(C)C2CCC(F)CC2)c1OCC=O. The molecule has 152 valence electrons. The molecule has 1 fully saturated rings. The number of nitrogens with zero attached hydrogens (tertiary/aromatic N) is 1. The summed E-state index contributed by atoms with van der Waals surface area (Å²) in [5, 5.41) is 16.3. The van der Waals surface area contributed by atoms with Gasteiger partial charge >= 0.3 is 0 Å². The van der Waals surface area contributed by atoms with Crippen LogP contribution in [0.2, 0.25) is 0 Å². The number of nitrogens with one attached hydrogen (secondary N) is 2. The lowest BCUT2D eigenvalue weighted by Gasteiger charge is -2.32. The van der Waals surface area contributed by atoms with Gasteiger partial charge in [0.05, 0.1) is 0 Å². The standard InChI is InChI=1S/C20H32FN3O3/c1-22-19-18(26)8-3-15(20(19)27-14-13-25)9-10-23-11-12-24(2)17-6-4-16(21)5-7-17/h3,8,13,16-17,22-23,26H,4-7,9-12,14H2,1-2H3. The number of likely N-dealkylation sites (N-methyl/N-ethyl adjacent to an activating group) is 1. The molecule has 0 bridgehead atoms. The third kappa shape index (κ3) is 6.36. The van der Waals surface area contributed by atoms with Crippen LogP contribution in [0.3, 0.4) is 0 Å². The van der Waals surface area contributed by atoms with Gasteiger partial charge in [0.2, 0.25) is 0 Å². The van der Waals surface area contributed by atoms with Gasteiger partial charge in [-0.05, 0) is 57.3 Å². The van der Waals surface area contributed by atoms with Crippen LogP contribution in [0.4, 0.5) is 10.1 Å². The number of rotatable bonds is 11. The molecule has 0 aliphatic heterocycles. The fourth-order valence-corrected chi connectivity index (χ4v) is 3.60. The number of ether oxygens (including phenoxy) is 1. The molecule has 6 nitrogen and oxygen atoms in total. The smallest absolute Gasteiger partial charge is 0.157 e. The van der Waals surface area contributed by atoms with E-state index in [-0.39, 0.29) is 12.4 Å². The fraction of sp³-hybridized carbons (Fsp3) is 0.650. The Kier molecular flexibility index (Phi) is 8.81. The first-order chi connectivity index (χ1) is 13.1. The van der Waals surface area contributed by atoms with Gasteiger partial charge in [-0.1, -0.05) is 6.07 Å². The number of hydrogen-bond donors (Lipinski definition) is 3. The number of benzene rings is 1. The van der Waals surface area contributed by atoms with Crippen molar-refractivity contribution in [1.29, 1.82) is 0 Å². The van der Waals surface area contributed by atoms with E-state index in [4.69, 9.17) is 4.74 Å². The highest BCUT2D eigenvalue weighted by atomic mass is 19.1. The molecule has 1 aliphatic rings. The number of aromatic hydroxyl groups is 1. The Bertz CT molecular complexity index is 592. The number of halogens is 1. The molecule has 7 heteroatoms. The van der Waals surface area contributed by atoms with Crippen molar-refractivity contribution >= 4 is 12.0 Å². The van der Waals surface area contributed by atoms with Gasteiger partial charge in [-0.2, -0.15) is 0 Å². The van der Waals surface area contributed by atoms with Gasteiger partial charge in [0, 0.05) is 26.2 Å². The Hall–Kier alpha value is -1.86. The van der Waals surface area contributed by atoms with Crippen molar-refractivity contribution < 1.29 is 19.0 Å². The second-order valence-electron chi connectivity index (χ2n) is 7.06. The van der Waals surface area contributed by atoms with Crippen molar-refractivity contribution in [2.45, 2.75) is 44.3 Å². The molecule has 0 heterocycles. The maximum Gasteiger partial charge on any atom is 0.157 e. The van der Waals surface area contributed by atoms with E-state index in [1.165, 1.54) is 0 Å². The highest BCUT2D eigenvalue weighted by molar-refractivity contribution is 5.69. The summed E-state index contributed by atoms with van der Waals surface area (Å²) in [5.74, 6) is 0.617. The van der Waals surface area contributed by atoms with Crippen LogP contribution in [0.5, 0.6) is 11.5 Å². The summed E-state index contributed by atoms with van der Waals surface area (Å²) < 4.78 is 18.8. The van der Waals surface area contributed by atoms with Crippen LogP contribution < -0.4 is 15.4 Å². The van der Waals surface area contributed by atoms with E-state index in [9.17, 15) is 14.3 Å². The van der Waals surface area contributed by atoms with Crippen LogP contribution >= 0.6 is 0 Å². The van der Waals surface area contributed by atoms with E-state index in [0.29, 0.717) is 36.6 Å². The van der Waals surface area contributed by atoms with E-state index in [1.54, 1.807) is 13.1 Å². The van der Waals surface area contributed by atoms with Crippen molar-refractivity contribution in [1.82, 2.24) is 10.2 Å². The highest BCUT2D eigenvalue weighted by Crippen LogP contribution is 2.36. The predicted octanol–water partition coefficient (Wildman–Crippen LogP) is 2.36. The van der Waals surface area contributed by atoms with Gasteiger partial charge < -0.3 is 25.4 Å². The zero-order valence-corrected chi connectivity index (χ0v) is 16.3. The van der Waals surface area contributed by atoms with Gasteiger partial charge in [-0.15, -0.1) is 0 Å². The number of phenols is 1. The largest absolute Gasteiger partial charge is 0.506 e. The predicted molar refractivity (Wildman–Crippen MR) is 106 cm³/mol. The minimum atomic E-state index is -0.615. The molecule has 0 radical (unpaired) electrons. The topological polar surface area (TPSA) is 73.8 Å². The molecule has 0 spiro atoms. The van der Waals surface area contributed by atoms with E-state index < -0.39 is 6.17 Å². The monoisotopic (exact) mass is 381 g/mol. The molecule has 1 aromatic rings. The van der Waals surface area contributed by atoms with Crippen molar-refractivity contribution in [2.75, 3.05) is 45.7 Å². The summed E-state index contributed by atoms with van der Waals surface area (Å²) in [6.07, 6.45) is 4.04. The second-order valence-corrected chi connectivity index (χ2v) is 7.06. The first-order valence-electron chi connectivity index (χ1n) is 9.70. The summed E-state index contributed by atoms with van der Waals surface area (Å²) in [7, 11) is 3.81. The van der Waals surface area contributed by atoms with Crippen LogP contribution in [-0.2, 0) is 11.2 Å². The molecule has 2 rings (SSSR count). The molecule has 0 unspecified atom stereocenters. The van der Waals surface area contributed by atoms with Crippen molar-refractivity contribution in [2.24, 2.45) is 0 Å². The van der Waals surface area contributed by atoms with Crippen LogP contribution in [-0.4, -0.2) is 68.8 Å². The molecule has 0 aromatic heterocycles. The van der Waals surface area contributed by atoms with Gasteiger partial charge in [-0.3, -0.25) is 4.79 Å². The zero-order valence-electron chi connectivity index (χ0n) is 16.3. The molecule has 0 saturated heterocycles. The van der Waals surface area contributed by atoms with Crippen molar-refractivity contribution in [3.8, 4) is 11.5 Å². The lowest BCUT2D eigenvalue weighted by atomic mass is 9.93. The molecule has 1 aliphatic carbocycles. The van der Waals surface area contributed by atoms with Gasteiger partial charge in [0.1, 0.15) is 30.0 Å². The average Bonchev–Trinajstić information content (AvgIpc) is 2.67. The molecule has 3 N–H and O–H groups in total. The molecule has 1 aromatic carbocycles. The summed E-state index contributed by atoms with van der Waals surface area (Å²) in [5.41, 5.74) is 1.43. The van der Waals surface area contributed by atoms with Crippen LogP contribution in [0, 0.1) is 0 Å². The maximum absolute atomic E-state index is 13.2. The Morgan fingerprint density at radius 1 is 1.30 bits per heavy atom. The molecule has 0 atom stereocenters. The third-order valence-electron chi connectivity index (χ3n) is 5.22. The fourth-order valence-electron chi connectivity index (χ4n) is 3.60. The number of hydrogen-bond acceptors (Lipinski definition) is 6. The number of aldehydes is 1. The first kappa shape index (κ1) is 21.4. The maximum atomic E-state index is 13.2. The average molecular weight is 381 g/mol. The zero-order chi connectivity index (χ0) is 19.6. The number of phenolic OH excluding ortho intramolecular Hbond substituents is 1. The molecule has 0 amide bonds. The van der Waals surface area contributed by atoms with E-state index in [0.717, 1.165) is 44.5 Å². The van der Waals surface area contributed by atoms with E-state index in [2.05, 4.69) is 22.6 Å².